The molecular formula is C8H6N2O5S. The highest BCUT2D eigenvalue weighted by atomic mass is 32.2. The zero-order chi connectivity index (χ0) is 11.8. The van der Waals surface area contributed by atoms with Crippen molar-refractivity contribution < 1.29 is 22.5 Å². The van der Waals surface area contributed by atoms with Crippen LogP contribution in [-0.4, -0.2) is 18.1 Å². The fourth-order valence-corrected chi connectivity index (χ4v) is 1.79. The molecule has 1 aromatic carbocycles. The number of nitrogens with zero attached hydrogens (tertiary/aromatic N) is 2. The first-order valence-corrected chi connectivity index (χ1v) is 5.57. The largest absolute Gasteiger partial charge is 0.365 e. The van der Waals surface area contributed by atoms with Gasteiger partial charge in [-0.3, -0.25) is 9.18 Å². The van der Waals surface area contributed by atoms with Crippen LogP contribution in [0.25, 0.3) is 11.3 Å². The Kier molecular flexibility index (Phi) is 2.37. The predicted octanol–water partition coefficient (Wildman–Crippen LogP) is 0.222. The molecule has 0 amide bonds. The van der Waals surface area contributed by atoms with Gasteiger partial charge >= 0.3 is 15.1 Å². The van der Waals surface area contributed by atoms with Gasteiger partial charge < -0.3 is 5.21 Å². The van der Waals surface area contributed by atoms with Crippen molar-refractivity contribution in [2.24, 2.45) is 0 Å². The highest BCUT2D eigenvalue weighted by Crippen LogP contribution is 2.21. The van der Waals surface area contributed by atoms with Crippen LogP contribution in [0.4, 0.5) is 0 Å². The molecule has 0 unspecified atom stereocenters. The van der Waals surface area contributed by atoms with E-state index in [1.165, 1.54) is 12.1 Å². The lowest BCUT2D eigenvalue weighted by Crippen LogP contribution is -2.26. The third-order valence-electron chi connectivity index (χ3n) is 1.87. The maximum absolute atomic E-state index is 11.2. The van der Waals surface area contributed by atoms with Crippen LogP contribution in [0.3, 0.4) is 0 Å². The monoisotopic (exact) mass is 242 g/mol. The summed E-state index contributed by atoms with van der Waals surface area (Å²) in [5.74, 6) is 0. The summed E-state index contributed by atoms with van der Waals surface area (Å²) in [7, 11) is -4.59. The Morgan fingerprint density at radius 3 is 2.50 bits per heavy atom. The molecule has 0 radical (unpaired) electrons. The van der Waals surface area contributed by atoms with E-state index in [1.54, 1.807) is 18.2 Å². The molecule has 84 valence electrons. The predicted molar refractivity (Wildman–Crippen MR) is 50.7 cm³/mol. The second kappa shape index (κ2) is 3.58. The van der Waals surface area contributed by atoms with E-state index >= 15 is 0 Å². The summed E-state index contributed by atoms with van der Waals surface area (Å²) in [4.78, 5) is -0.0710. The van der Waals surface area contributed by atoms with Crippen LogP contribution in [0.15, 0.2) is 40.0 Å². The van der Waals surface area contributed by atoms with E-state index in [0.717, 1.165) is 0 Å². The standard InChI is InChI=1S/C8H6N2O5S/c11-10-7(6-4-2-1-3-5-6)8(9-15-10)16(12,13)14/h1-5H,(H,12,13,14). The lowest BCUT2D eigenvalue weighted by Gasteiger charge is -1.96. The summed E-state index contributed by atoms with van der Waals surface area (Å²) < 4.78 is 34.8. The molecule has 16 heavy (non-hydrogen) atoms. The highest BCUT2D eigenvalue weighted by molar-refractivity contribution is 7.85. The van der Waals surface area contributed by atoms with Crippen LogP contribution in [-0.2, 0) is 10.1 Å². The lowest BCUT2D eigenvalue weighted by molar-refractivity contribution is -0.793. The summed E-state index contributed by atoms with van der Waals surface area (Å²) in [5.41, 5.74) is -0.0607. The maximum Gasteiger partial charge on any atom is 0.365 e. The molecule has 0 spiro atoms. The molecular weight excluding hydrogens is 236 g/mol. The molecule has 1 N–H and O–H groups in total. The molecule has 0 saturated carbocycles. The third-order valence-corrected chi connectivity index (χ3v) is 2.63. The minimum Gasteiger partial charge on any atom is -0.359 e. The Bertz CT molecular complexity index is 605. The van der Waals surface area contributed by atoms with Gasteiger partial charge in [0.15, 0.2) is 0 Å². The fourth-order valence-electron chi connectivity index (χ4n) is 1.23. The topological polar surface area (TPSA) is 107 Å². The van der Waals surface area contributed by atoms with Crippen molar-refractivity contribution in [3.05, 3.63) is 35.5 Å². The van der Waals surface area contributed by atoms with Gasteiger partial charge in [-0.15, -0.1) is 0 Å². The first-order valence-electron chi connectivity index (χ1n) is 4.13. The van der Waals surface area contributed by atoms with E-state index in [-0.39, 0.29) is 16.2 Å². The van der Waals surface area contributed by atoms with Gasteiger partial charge in [-0.2, -0.15) is 8.42 Å². The molecule has 8 heteroatoms. The van der Waals surface area contributed by atoms with Crippen LogP contribution < -0.4 is 4.90 Å². The smallest absolute Gasteiger partial charge is 0.359 e. The van der Waals surface area contributed by atoms with Gasteiger partial charge in [0.25, 0.3) is 0 Å². The summed E-state index contributed by atoms with van der Waals surface area (Å²) in [6, 6.07) is 7.90. The number of hydrogen-bond acceptors (Lipinski definition) is 5. The number of benzene rings is 1. The quantitative estimate of drug-likeness (QED) is 0.596. The minimum absolute atomic E-state index is 0.0710. The molecule has 0 atom stereocenters. The lowest BCUT2D eigenvalue weighted by atomic mass is 10.2. The second-order valence-corrected chi connectivity index (χ2v) is 4.26. The van der Waals surface area contributed by atoms with Crippen molar-refractivity contribution in [3.8, 4) is 11.3 Å². The van der Waals surface area contributed by atoms with Gasteiger partial charge in [0.1, 0.15) is 0 Å². The van der Waals surface area contributed by atoms with E-state index in [1.807, 2.05) is 0 Å². The molecule has 0 aliphatic rings. The normalized spacial score (nSPS) is 11.6. The zero-order valence-corrected chi connectivity index (χ0v) is 8.59. The van der Waals surface area contributed by atoms with E-state index in [2.05, 4.69) is 9.79 Å². The molecule has 0 aliphatic heterocycles. The molecule has 0 bridgehead atoms. The Hall–Kier alpha value is -1.93. The third kappa shape index (κ3) is 1.75. The fraction of sp³-hybridized carbons (Fsp3) is 0. The van der Waals surface area contributed by atoms with E-state index in [4.69, 9.17) is 4.55 Å². The van der Waals surface area contributed by atoms with Gasteiger partial charge in [0.2, 0.25) is 5.69 Å². The molecule has 0 saturated heterocycles. The average molecular weight is 242 g/mol. The summed E-state index contributed by atoms with van der Waals surface area (Å²) in [6.45, 7) is 0. The van der Waals surface area contributed by atoms with Crippen LogP contribution >= 0.6 is 0 Å². The molecule has 2 rings (SSSR count). The number of aromatic nitrogens is 2. The van der Waals surface area contributed by atoms with Gasteiger partial charge in [0, 0.05) is 5.56 Å². The highest BCUT2D eigenvalue weighted by Gasteiger charge is 2.31. The molecule has 1 heterocycles. The maximum atomic E-state index is 11.2. The van der Waals surface area contributed by atoms with Crippen molar-refractivity contribution in [2.45, 2.75) is 5.03 Å². The van der Waals surface area contributed by atoms with Crippen molar-refractivity contribution in [2.75, 3.05) is 0 Å². The first kappa shape index (κ1) is 10.6. The zero-order valence-electron chi connectivity index (χ0n) is 7.77. The van der Waals surface area contributed by atoms with E-state index < -0.39 is 15.1 Å². The average Bonchev–Trinajstić information content (AvgIpc) is 2.61. The summed E-state index contributed by atoms with van der Waals surface area (Å²) in [6.07, 6.45) is 0. The second-order valence-electron chi connectivity index (χ2n) is 2.92. The molecule has 0 aliphatic carbocycles. The van der Waals surface area contributed by atoms with Crippen LogP contribution in [0.5, 0.6) is 0 Å². The van der Waals surface area contributed by atoms with Gasteiger partial charge in [-0.1, -0.05) is 30.3 Å². The van der Waals surface area contributed by atoms with Gasteiger partial charge in [-0.05, 0) is 4.90 Å². The molecule has 1 aromatic heterocycles. The number of rotatable bonds is 2. The van der Waals surface area contributed by atoms with Crippen LogP contribution in [0.1, 0.15) is 0 Å². The Balaban J connectivity index is 2.71. The Morgan fingerprint density at radius 2 is 1.94 bits per heavy atom. The van der Waals surface area contributed by atoms with E-state index in [0.29, 0.717) is 0 Å². The number of hydrogen-bond donors (Lipinski definition) is 1. The van der Waals surface area contributed by atoms with E-state index in [9.17, 15) is 13.6 Å². The van der Waals surface area contributed by atoms with Gasteiger partial charge in [-0.25, -0.2) is 0 Å². The summed E-state index contributed by atoms with van der Waals surface area (Å²) >= 11 is 0. The Morgan fingerprint density at radius 1 is 1.31 bits per heavy atom. The SMILES string of the molecule is O=S(=O)(O)c1no[n+]([O-])c1-c1ccccc1. The van der Waals surface area contributed by atoms with Crippen molar-refractivity contribution in [1.29, 1.82) is 0 Å². The summed E-state index contributed by atoms with van der Waals surface area (Å²) in [5, 5.41) is 13.4. The minimum atomic E-state index is -4.59. The first-order chi connectivity index (χ1) is 7.50. The van der Waals surface area contributed by atoms with Gasteiger partial charge in [0.05, 0.1) is 5.16 Å². The Labute approximate surface area is 90.2 Å². The molecule has 0 fully saturated rings. The van der Waals surface area contributed by atoms with Crippen molar-refractivity contribution in [3.63, 3.8) is 0 Å². The van der Waals surface area contributed by atoms with Crippen molar-refractivity contribution in [1.82, 2.24) is 5.16 Å². The van der Waals surface area contributed by atoms with Crippen molar-refractivity contribution >= 4 is 10.1 Å². The van der Waals surface area contributed by atoms with Crippen LogP contribution in [0, 0.1) is 5.21 Å². The molecule has 2 aromatic rings. The molecule has 7 nitrogen and oxygen atoms in total. The van der Waals surface area contributed by atoms with Crippen LogP contribution in [0.2, 0.25) is 0 Å².